The highest BCUT2D eigenvalue weighted by atomic mass is 15.2. The van der Waals surface area contributed by atoms with Crippen LogP contribution >= 0.6 is 0 Å². The molecule has 5 aromatic heterocycles. The van der Waals surface area contributed by atoms with Gasteiger partial charge in [-0.1, -0.05) is 176 Å². The van der Waals surface area contributed by atoms with E-state index in [0.29, 0.717) is 17.5 Å². The van der Waals surface area contributed by atoms with Crippen LogP contribution < -0.4 is 0 Å². The van der Waals surface area contributed by atoms with Gasteiger partial charge in [-0.3, -0.25) is 9.13 Å². The van der Waals surface area contributed by atoms with E-state index < -0.39 is 0 Å². The average Bonchev–Trinajstić information content (AvgIpc) is 4.07. The molecule has 326 valence electrons. The van der Waals surface area contributed by atoms with Crippen molar-refractivity contribution < 1.29 is 0 Å². The van der Waals surface area contributed by atoms with Crippen LogP contribution in [0.3, 0.4) is 0 Å². The summed E-state index contributed by atoms with van der Waals surface area (Å²) in [6.45, 7) is 0. The summed E-state index contributed by atoms with van der Waals surface area (Å²) < 4.78 is 7.27. The first-order valence-electron chi connectivity index (χ1n) is 23.9. The second-order valence-electron chi connectivity index (χ2n) is 17.9. The molecule has 2 aliphatic rings. The predicted molar refractivity (Wildman–Crippen MR) is 282 cm³/mol. The number of rotatable bonds is 7. The van der Waals surface area contributed by atoms with Crippen LogP contribution in [0.15, 0.2) is 200 Å². The molecule has 0 saturated heterocycles. The maximum absolute atomic E-state index is 6.23. The molecule has 0 bridgehead atoms. The fraction of sp³-hybridized carbons (Fsp3) is 0.0645. The Kier molecular flexibility index (Phi) is 9.02. The molecule has 69 heavy (non-hydrogen) atoms. The standard InChI is InChI=1S/C62H43N7/c1-4-22-40(23-5-1)55-56(60-64-58(41-24-6-2-7-25-41)63-59(65-60)42-26-8-3-9-27-42)57(67-49-34-16-10-28-43(49)44-29-11-17-35-50(44)67)62(69-53-38-20-14-32-47(53)48-33-15-21-39-54(48)69)66-61(55)68-51-36-18-12-30-45(51)46-31-13-19-37-52(46)68/h1-10,12,14-28,30,32-39H,11,13,29,31H2. The Balaban J connectivity index is 1.28. The van der Waals surface area contributed by atoms with Crippen LogP contribution in [0.25, 0.3) is 118 Å². The molecule has 2 aliphatic carbocycles. The molecule has 0 aliphatic heterocycles. The van der Waals surface area contributed by atoms with Crippen LogP contribution in [0, 0.1) is 0 Å². The van der Waals surface area contributed by atoms with Gasteiger partial charge in [-0.2, -0.15) is 0 Å². The molecule has 0 N–H and O–H groups in total. The number of aromatic nitrogens is 7. The van der Waals surface area contributed by atoms with Crippen molar-refractivity contribution in [1.82, 2.24) is 33.6 Å². The summed E-state index contributed by atoms with van der Waals surface area (Å²) in [6, 6.07) is 66.5. The molecule has 0 saturated carbocycles. The van der Waals surface area contributed by atoms with Gasteiger partial charge in [0.25, 0.3) is 0 Å². The number of pyridine rings is 1. The van der Waals surface area contributed by atoms with Crippen molar-refractivity contribution in [3.8, 4) is 62.6 Å². The summed E-state index contributed by atoms with van der Waals surface area (Å²) in [5, 5.41) is 4.76. The second-order valence-corrected chi connectivity index (χ2v) is 17.9. The van der Waals surface area contributed by atoms with E-state index in [1.807, 2.05) is 36.4 Å². The minimum absolute atomic E-state index is 0.550. The van der Waals surface area contributed by atoms with Crippen molar-refractivity contribution in [2.24, 2.45) is 0 Å². The molecule has 14 rings (SSSR count). The van der Waals surface area contributed by atoms with Crippen LogP contribution in [0.2, 0.25) is 0 Å². The van der Waals surface area contributed by atoms with Gasteiger partial charge in [0, 0.05) is 43.9 Å². The fourth-order valence-electron chi connectivity index (χ4n) is 11.1. The first-order chi connectivity index (χ1) is 34.3. The molecule has 12 aromatic rings. The lowest BCUT2D eigenvalue weighted by Gasteiger charge is -2.26. The molecular weight excluding hydrogens is 843 g/mol. The maximum Gasteiger partial charge on any atom is 0.167 e. The molecule has 0 amide bonds. The Bertz CT molecular complexity index is 3950. The molecule has 7 nitrogen and oxygen atoms in total. The van der Waals surface area contributed by atoms with Crippen LogP contribution in [-0.2, 0) is 12.8 Å². The molecule has 0 unspecified atom stereocenters. The Hall–Kier alpha value is -8.94. The smallest absolute Gasteiger partial charge is 0.167 e. The monoisotopic (exact) mass is 885 g/mol. The number of aryl methyl sites for hydroxylation is 2. The third kappa shape index (κ3) is 6.13. The van der Waals surface area contributed by atoms with Crippen molar-refractivity contribution in [2.75, 3.05) is 0 Å². The lowest BCUT2D eigenvalue weighted by Crippen LogP contribution is -2.16. The van der Waals surface area contributed by atoms with E-state index >= 15 is 0 Å². The SMILES string of the molecule is C1=Cc2c(c3ccccc3n2-c2nc(-n3c4ccccc4c4ccccc43)c(-n3c4c(c5ccccc53)CCC=C4)c(-c3nc(-c4ccccc4)nc(-c4ccccc4)n3)c2-c2ccccc2)CC1. The van der Waals surface area contributed by atoms with Crippen LogP contribution in [0.5, 0.6) is 0 Å². The molecule has 7 heteroatoms. The zero-order valence-electron chi connectivity index (χ0n) is 37.7. The summed E-state index contributed by atoms with van der Waals surface area (Å²) >= 11 is 0. The molecule has 0 fully saturated rings. The first-order valence-corrected chi connectivity index (χ1v) is 23.9. The minimum Gasteiger partial charge on any atom is -0.305 e. The fourth-order valence-corrected chi connectivity index (χ4v) is 11.1. The lowest BCUT2D eigenvalue weighted by atomic mass is 9.96. The summed E-state index contributed by atoms with van der Waals surface area (Å²) in [5.74, 6) is 3.30. The van der Waals surface area contributed by atoms with Gasteiger partial charge >= 0.3 is 0 Å². The summed E-state index contributed by atoms with van der Waals surface area (Å²) in [5.41, 5.74) is 14.7. The topological polar surface area (TPSA) is 66.3 Å². The summed E-state index contributed by atoms with van der Waals surface area (Å²) in [4.78, 5) is 22.8. The second kappa shape index (κ2) is 15.9. The van der Waals surface area contributed by atoms with Crippen molar-refractivity contribution in [3.63, 3.8) is 0 Å². The van der Waals surface area contributed by atoms with Gasteiger partial charge in [0.2, 0.25) is 0 Å². The molecular formula is C62H43N7. The van der Waals surface area contributed by atoms with E-state index in [1.165, 1.54) is 21.9 Å². The lowest BCUT2D eigenvalue weighted by molar-refractivity contribution is 0.922. The number of nitrogens with zero attached hydrogens (tertiary/aromatic N) is 7. The third-order valence-electron chi connectivity index (χ3n) is 14.1. The third-order valence-corrected chi connectivity index (χ3v) is 14.1. The average molecular weight is 886 g/mol. The van der Waals surface area contributed by atoms with E-state index in [1.54, 1.807) is 0 Å². The van der Waals surface area contributed by atoms with Crippen molar-refractivity contribution in [2.45, 2.75) is 25.7 Å². The van der Waals surface area contributed by atoms with Crippen molar-refractivity contribution in [3.05, 3.63) is 223 Å². The predicted octanol–water partition coefficient (Wildman–Crippen LogP) is 14.8. The highest BCUT2D eigenvalue weighted by Crippen LogP contribution is 2.49. The summed E-state index contributed by atoms with van der Waals surface area (Å²) in [7, 11) is 0. The van der Waals surface area contributed by atoms with E-state index in [0.717, 1.165) is 115 Å². The van der Waals surface area contributed by atoms with Crippen molar-refractivity contribution >= 4 is 55.8 Å². The van der Waals surface area contributed by atoms with Gasteiger partial charge in [-0.05, 0) is 78.8 Å². The van der Waals surface area contributed by atoms with E-state index in [-0.39, 0.29) is 0 Å². The Morgan fingerprint density at radius 1 is 0.319 bits per heavy atom. The van der Waals surface area contributed by atoms with E-state index in [4.69, 9.17) is 19.9 Å². The van der Waals surface area contributed by atoms with E-state index in [9.17, 15) is 0 Å². The zero-order chi connectivity index (χ0) is 45.4. The molecule has 0 radical (unpaired) electrons. The number of hydrogen-bond donors (Lipinski definition) is 0. The molecule has 0 spiro atoms. The van der Waals surface area contributed by atoms with Crippen LogP contribution in [0.4, 0.5) is 0 Å². The van der Waals surface area contributed by atoms with Crippen LogP contribution in [0.1, 0.15) is 35.4 Å². The first kappa shape index (κ1) is 39.2. The number of allylic oxidation sites excluding steroid dienone is 2. The Labute approximate surface area is 398 Å². The highest BCUT2D eigenvalue weighted by Gasteiger charge is 2.34. The Morgan fingerprint density at radius 3 is 1.25 bits per heavy atom. The quantitative estimate of drug-likeness (QED) is 0.160. The normalized spacial score (nSPS) is 13.2. The van der Waals surface area contributed by atoms with Crippen LogP contribution in [-0.4, -0.2) is 33.6 Å². The van der Waals surface area contributed by atoms with E-state index in [2.05, 4.69) is 190 Å². The zero-order valence-corrected chi connectivity index (χ0v) is 37.7. The number of benzene rings is 7. The van der Waals surface area contributed by atoms with Gasteiger partial charge in [-0.15, -0.1) is 0 Å². The van der Waals surface area contributed by atoms with Gasteiger partial charge < -0.3 is 4.57 Å². The molecule has 5 heterocycles. The maximum atomic E-state index is 6.23. The van der Waals surface area contributed by atoms with Gasteiger partial charge in [0.1, 0.15) is 11.5 Å². The molecule has 7 aromatic carbocycles. The summed E-state index contributed by atoms with van der Waals surface area (Å²) in [6.07, 6.45) is 13.0. The minimum atomic E-state index is 0.550. The molecule has 0 atom stereocenters. The van der Waals surface area contributed by atoms with Crippen molar-refractivity contribution in [1.29, 1.82) is 0 Å². The van der Waals surface area contributed by atoms with Gasteiger partial charge in [0.15, 0.2) is 23.3 Å². The number of hydrogen-bond acceptors (Lipinski definition) is 4. The largest absolute Gasteiger partial charge is 0.305 e. The number of fused-ring (bicyclic) bond motifs is 9. The van der Waals surface area contributed by atoms with Gasteiger partial charge in [0.05, 0.1) is 33.3 Å². The number of para-hydroxylation sites is 4. The van der Waals surface area contributed by atoms with Gasteiger partial charge in [-0.25, -0.2) is 19.9 Å². The highest BCUT2D eigenvalue weighted by molar-refractivity contribution is 6.10. The Morgan fingerprint density at radius 2 is 0.725 bits per heavy atom.